The van der Waals surface area contributed by atoms with E-state index in [-0.39, 0.29) is 5.78 Å². The molecule has 0 spiro atoms. The number of anilines is 1. The summed E-state index contributed by atoms with van der Waals surface area (Å²) in [6.07, 6.45) is 5.57. The molecule has 0 aliphatic heterocycles. The molecule has 27 heavy (non-hydrogen) atoms. The first-order chi connectivity index (χ1) is 13.2. The number of benzene rings is 2. The Morgan fingerprint density at radius 1 is 1.07 bits per heavy atom. The van der Waals surface area contributed by atoms with Crippen LogP contribution in [0.1, 0.15) is 21.5 Å². The Balaban J connectivity index is 1.77. The van der Waals surface area contributed by atoms with Crippen molar-refractivity contribution in [3.63, 3.8) is 0 Å². The summed E-state index contributed by atoms with van der Waals surface area (Å²) in [4.78, 5) is 20.6. The van der Waals surface area contributed by atoms with E-state index in [4.69, 9.17) is 0 Å². The van der Waals surface area contributed by atoms with E-state index in [2.05, 4.69) is 20.8 Å². The highest BCUT2D eigenvalue weighted by molar-refractivity contribution is 7.99. The molecule has 0 fully saturated rings. The Hall–Kier alpha value is -3.05. The number of nitrogens with one attached hydrogen (secondary N) is 2. The molecule has 4 nitrogen and oxygen atoms in total. The van der Waals surface area contributed by atoms with Crippen molar-refractivity contribution in [2.75, 3.05) is 11.0 Å². The first-order valence-corrected chi connectivity index (χ1v) is 9.86. The summed E-state index contributed by atoms with van der Waals surface area (Å²) in [5.74, 6) is 0.00157. The van der Waals surface area contributed by atoms with Crippen LogP contribution in [0.4, 0.5) is 5.69 Å². The third kappa shape index (κ3) is 3.46. The molecule has 0 radical (unpaired) electrons. The Morgan fingerprint density at radius 2 is 1.93 bits per heavy atom. The van der Waals surface area contributed by atoms with E-state index in [1.165, 1.54) is 0 Å². The van der Waals surface area contributed by atoms with Gasteiger partial charge in [0.05, 0.1) is 0 Å². The minimum absolute atomic E-state index is 0.00157. The third-order valence-corrected chi connectivity index (χ3v) is 4.91. The monoisotopic (exact) mass is 373 g/mol. The Morgan fingerprint density at radius 3 is 2.74 bits per heavy atom. The quantitative estimate of drug-likeness (QED) is 0.360. The molecule has 5 heteroatoms. The van der Waals surface area contributed by atoms with Crippen LogP contribution in [0, 0.1) is 6.92 Å². The zero-order chi connectivity index (χ0) is 18.8. The van der Waals surface area contributed by atoms with Crippen LogP contribution < -0.4 is 4.72 Å². The zero-order valence-corrected chi connectivity index (χ0v) is 15.9. The molecule has 0 unspecified atom stereocenters. The molecule has 0 bridgehead atoms. The van der Waals surface area contributed by atoms with Crippen molar-refractivity contribution in [2.45, 2.75) is 6.92 Å². The number of pyridine rings is 1. The molecule has 4 aromatic rings. The fraction of sp³-hybridized carbons (Fsp3) is 0.0909. The minimum atomic E-state index is 0.00157. The Kier molecular flexibility index (Phi) is 4.69. The molecular formula is C22H19N3OS. The van der Waals surface area contributed by atoms with Crippen LogP contribution in [0.15, 0.2) is 67.0 Å². The number of carbonyl (C=O) groups excluding carboxylic acids is 1. The summed E-state index contributed by atoms with van der Waals surface area (Å²) in [7, 11) is 0. The van der Waals surface area contributed by atoms with Crippen LogP contribution in [0.3, 0.4) is 0 Å². The van der Waals surface area contributed by atoms with Gasteiger partial charge in [-0.25, -0.2) is 4.98 Å². The van der Waals surface area contributed by atoms with Gasteiger partial charge in [-0.2, -0.15) is 0 Å². The second-order valence-corrected chi connectivity index (χ2v) is 7.02. The lowest BCUT2D eigenvalue weighted by molar-refractivity contribution is 0.104. The summed E-state index contributed by atoms with van der Waals surface area (Å²) >= 11 is 1.55. The van der Waals surface area contributed by atoms with Crippen LogP contribution in [0.2, 0.25) is 0 Å². The molecule has 2 aromatic heterocycles. The predicted octanol–water partition coefficient (Wildman–Crippen LogP) is 5.46. The number of nitrogens with zero attached hydrogens (tertiary/aromatic N) is 1. The van der Waals surface area contributed by atoms with E-state index < -0.39 is 0 Å². The highest BCUT2D eigenvalue weighted by atomic mass is 32.2. The standard InChI is InChI=1S/C22H19N3OS/c1-14-5-3-7-16(9-14)21(26)20-13-24-22-19(20)11-17(12-23-22)15-6-4-8-18(10-15)25-27-2/h3-13,25H,1-2H3,(H,23,24). The summed E-state index contributed by atoms with van der Waals surface area (Å²) < 4.78 is 3.24. The number of aromatic amines is 1. The van der Waals surface area contributed by atoms with Gasteiger partial charge in [0.2, 0.25) is 0 Å². The molecule has 0 saturated carbocycles. The van der Waals surface area contributed by atoms with Gasteiger partial charge in [0.25, 0.3) is 0 Å². The molecule has 2 heterocycles. The first kappa shape index (κ1) is 17.4. The number of rotatable bonds is 5. The maximum Gasteiger partial charge on any atom is 0.195 e. The Labute approximate surface area is 162 Å². The number of hydrogen-bond acceptors (Lipinski definition) is 4. The lowest BCUT2D eigenvalue weighted by atomic mass is 10.00. The number of hydrogen-bond donors (Lipinski definition) is 2. The molecular weight excluding hydrogens is 354 g/mol. The van der Waals surface area contributed by atoms with E-state index >= 15 is 0 Å². The fourth-order valence-corrected chi connectivity index (χ4v) is 3.53. The van der Waals surface area contributed by atoms with Crippen molar-refractivity contribution in [2.24, 2.45) is 0 Å². The normalized spacial score (nSPS) is 10.9. The molecule has 4 rings (SSSR count). The highest BCUT2D eigenvalue weighted by Crippen LogP contribution is 2.28. The number of aromatic nitrogens is 2. The van der Waals surface area contributed by atoms with Gasteiger partial charge in [-0.1, -0.05) is 47.8 Å². The van der Waals surface area contributed by atoms with Crippen molar-refractivity contribution in [3.8, 4) is 11.1 Å². The lowest BCUT2D eigenvalue weighted by Crippen LogP contribution is -2.00. The van der Waals surface area contributed by atoms with Crippen molar-refractivity contribution >= 4 is 34.5 Å². The molecule has 0 saturated heterocycles. The summed E-state index contributed by atoms with van der Waals surface area (Å²) in [5, 5.41) is 0.835. The van der Waals surface area contributed by atoms with Crippen molar-refractivity contribution in [1.82, 2.24) is 9.97 Å². The zero-order valence-electron chi connectivity index (χ0n) is 15.1. The summed E-state index contributed by atoms with van der Waals surface area (Å²) in [6.45, 7) is 1.99. The van der Waals surface area contributed by atoms with Gasteiger partial charge >= 0.3 is 0 Å². The fourth-order valence-electron chi connectivity index (χ4n) is 3.17. The van der Waals surface area contributed by atoms with Crippen molar-refractivity contribution in [3.05, 3.63) is 83.7 Å². The van der Waals surface area contributed by atoms with Crippen molar-refractivity contribution < 1.29 is 4.79 Å². The second kappa shape index (κ2) is 7.29. The van der Waals surface area contributed by atoms with Gasteiger partial charge in [0.1, 0.15) is 5.65 Å². The molecule has 0 atom stereocenters. The Bertz CT molecular complexity index is 1130. The van der Waals surface area contributed by atoms with E-state index in [1.54, 1.807) is 18.1 Å². The average Bonchev–Trinajstić information content (AvgIpc) is 3.11. The minimum Gasteiger partial charge on any atom is -0.345 e. The predicted molar refractivity (Wildman–Crippen MR) is 113 cm³/mol. The van der Waals surface area contributed by atoms with Gasteiger partial charge in [-0.05, 0) is 36.8 Å². The van der Waals surface area contributed by atoms with Crippen LogP contribution in [-0.4, -0.2) is 22.0 Å². The lowest BCUT2D eigenvalue weighted by Gasteiger charge is -2.07. The largest absolute Gasteiger partial charge is 0.345 e. The average molecular weight is 373 g/mol. The number of H-pyrrole nitrogens is 1. The number of aryl methyl sites for hydroxylation is 1. The van der Waals surface area contributed by atoms with Crippen molar-refractivity contribution in [1.29, 1.82) is 0 Å². The third-order valence-electron chi connectivity index (χ3n) is 4.47. The maximum atomic E-state index is 13.0. The van der Waals surface area contributed by atoms with E-state index in [9.17, 15) is 4.79 Å². The first-order valence-electron chi connectivity index (χ1n) is 8.63. The smallest absolute Gasteiger partial charge is 0.195 e. The van der Waals surface area contributed by atoms with Crippen LogP contribution in [0.25, 0.3) is 22.2 Å². The van der Waals surface area contributed by atoms with E-state index in [1.807, 2.05) is 67.9 Å². The molecule has 0 aliphatic carbocycles. The molecule has 2 aromatic carbocycles. The SMILES string of the molecule is CSNc1cccc(-c2cnc3[nH]cc(C(=O)c4cccc(C)c4)c3c2)c1. The van der Waals surface area contributed by atoms with Crippen LogP contribution >= 0.6 is 11.9 Å². The molecule has 0 aliphatic rings. The summed E-state index contributed by atoms with van der Waals surface area (Å²) in [6, 6.07) is 17.8. The molecule has 0 amide bonds. The number of fused-ring (bicyclic) bond motifs is 1. The van der Waals surface area contributed by atoms with Gasteiger partial charge in [-0.15, -0.1) is 0 Å². The van der Waals surface area contributed by atoms with E-state index in [0.717, 1.165) is 27.8 Å². The number of carbonyl (C=O) groups is 1. The molecule has 134 valence electrons. The second-order valence-electron chi connectivity index (χ2n) is 6.41. The van der Waals surface area contributed by atoms with Gasteiger partial charge in [0, 0.05) is 46.4 Å². The van der Waals surface area contributed by atoms with Crippen LogP contribution in [0.5, 0.6) is 0 Å². The van der Waals surface area contributed by atoms with Gasteiger partial charge < -0.3 is 9.71 Å². The topological polar surface area (TPSA) is 57.8 Å². The highest BCUT2D eigenvalue weighted by Gasteiger charge is 2.16. The molecule has 2 N–H and O–H groups in total. The maximum absolute atomic E-state index is 13.0. The number of ketones is 1. The summed E-state index contributed by atoms with van der Waals surface area (Å²) in [5.41, 5.74) is 6.18. The van der Waals surface area contributed by atoms with E-state index in [0.29, 0.717) is 16.8 Å². The van der Waals surface area contributed by atoms with Crippen LogP contribution in [-0.2, 0) is 0 Å². The van der Waals surface area contributed by atoms with Gasteiger partial charge in [-0.3, -0.25) is 4.79 Å². The van der Waals surface area contributed by atoms with Gasteiger partial charge in [0.15, 0.2) is 5.78 Å².